The summed E-state index contributed by atoms with van der Waals surface area (Å²) in [7, 11) is 0. The lowest BCUT2D eigenvalue weighted by atomic mass is 10.2. The zero-order chi connectivity index (χ0) is 19.4. The first-order valence-corrected chi connectivity index (χ1v) is 8.68. The Hall–Kier alpha value is -2.88. The number of thioether (sulfide) groups is 1. The summed E-state index contributed by atoms with van der Waals surface area (Å²) in [6, 6.07) is 8.01. The molecule has 0 saturated carbocycles. The molecular weight excluding hydrogens is 379 g/mol. The Morgan fingerprint density at radius 3 is 2.67 bits per heavy atom. The van der Waals surface area contributed by atoms with Gasteiger partial charge in [0.1, 0.15) is 0 Å². The highest BCUT2D eigenvalue weighted by molar-refractivity contribution is 8.00. The van der Waals surface area contributed by atoms with E-state index in [0.29, 0.717) is 11.0 Å². The number of anilines is 1. The average Bonchev–Trinajstić information content (AvgIpc) is 3.10. The number of alkyl halides is 3. The minimum absolute atomic E-state index is 0.0785. The van der Waals surface area contributed by atoms with Crippen LogP contribution in [-0.4, -0.2) is 31.3 Å². The normalized spacial score (nSPS) is 12.6. The summed E-state index contributed by atoms with van der Waals surface area (Å²) in [5.41, 5.74) is 0.0525. The monoisotopic (exact) mass is 393 g/mol. The third-order valence-electron chi connectivity index (χ3n) is 3.53. The first kappa shape index (κ1) is 18.9. The van der Waals surface area contributed by atoms with E-state index < -0.39 is 22.9 Å². The molecule has 0 unspecified atom stereocenters. The molecule has 27 heavy (non-hydrogen) atoms. The van der Waals surface area contributed by atoms with Crippen LogP contribution in [0.3, 0.4) is 0 Å². The summed E-state index contributed by atoms with van der Waals surface area (Å²) in [5.74, 6) is 0.0833. The molecule has 3 aromatic rings. The number of carbonyl (C=O) groups excluding carboxylic acids is 1. The second kappa shape index (κ2) is 7.78. The van der Waals surface area contributed by atoms with Gasteiger partial charge in [0.25, 0.3) is 0 Å². The predicted octanol–water partition coefficient (Wildman–Crippen LogP) is 4.00. The Morgan fingerprint density at radius 1 is 1.22 bits per heavy atom. The highest BCUT2D eigenvalue weighted by atomic mass is 32.2. The van der Waals surface area contributed by atoms with Crippen LogP contribution in [-0.2, 0) is 11.0 Å². The molecule has 6 nitrogen and oxygen atoms in total. The Kier molecular flexibility index (Phi) is 5.45. The van der Waals surface area contributed by atoms with Gasteiger partial charge in [-0.15, -0.1) is 5.10 Å². The maximum absolute atomic E-state index is 12.8. The summed E-state index contributed by atoms with van der Waals surface area (Å²) < 4.78 is 38.3. The Balaban J connectivity index is 1.64. The van der Waals surface area contributed by atoms with E-state index in [1.807, 2.05) is 0 Å². The molecule has 0 radical (unpaired) electrons. The van der Waals surface area contributed by atoms with Crippen LogP contribution in [0.1, 0.15) is 12.5 Å². The number of carbonyl (C=O) groups is 1. The molecule has 10 heteroatoms. The van der Waals surface area contributed by atoms with Gasteiger partial charge in [-0.25, -0.2) is 4.98 Å². The maximum Gasteiger partial charge on any atom is 0.416 e. The Morgan fingerprint density at radius 2 is 1.96 bits per heavy atom. The topological polar surface area (TPSA) is 83.6 Å². The van der Waals surface area contributed by atoms with Gasteiger partial charge in [-0.1, -0.05) is 17.8 Å². The first-order valence-electron chi connectivity index (χ1n) is 7.80. The van der Waals surface area contributed by atoms with Gasteiger partial charge in [-0.2, -0.15) is 13.2 Å². The first-order chi connectivity index (χ1) is 12.8. The molecule has 0 fully saturated rings. The molecular formula is C17H14F3N5OS. The van der Waals surface area contributed by atoms with Crippen molar-refractivity contribution in [3.05, 3.63) is 54.4 Å². The standard InChI is InChI=1S/C17H14F3N5OS/c1-10(15(26)22-13-4-2-3-12(9-13)17(18,19)20)27-16-23-14(24-25-16)11-5-7-21-8-6-11/h2-10H,1H3,(H,22,26)(H,23,24,25)/t10-/m0/s1. The molecule has 1 atom stereocenters. The van der Waals surface area contributed by atoms with Crippen LogP contribution in [0.5, 0.6) is 0 Å². The number of nitrogens with one attached hydrogen (secondary N) is 2. The highest BCUT2D eigenvalue weighted by Crippen LogP contribution is 2.31. The number of benzene rings is 1. The van der Waals surface area contributed by atoms with Crippen LogP contribution in [0, 0.1) is 0 Å². The molecule has 1 aromatic carbocycles. The molecule has 0 aliphatic carbocycles. The number of hydrogen-bond donors (Lipinski definition) is 2. The van der Waals surface area contributed by atoms with Crippen molar-refractivity contribution in [1.82, 2.24) is 20.2 Å². The van der Waals surface area contributed by atoms with Crippen molar-refractivity contribution in [3.8, 4) is 11.4 Å². The van der Waals surface area contributed by atoms with Gasteiger partial charge in [0.05, 0.1) is 10.8 Å². The molecule has 2 N–H and O–H groups in total. The molecule has 3 rings (SSSR count). The number of amides is 1. The largest absolute Gasteiger partial charge is 0.416 e. The fourth-order valence-corrected chi connectivity index (χ4v) is 2.89. The van der Waals surface area contributed by atoms with Crippen molar-refractivity contribution in [2.75, 3.05) is 5.32 Å². The third kappa shape index (κ3) is 4.85. The van der Waals surface area contributed by atoms with Gasteiger partial charge in [0, 0.05) is 23.6 Å². The predicted molar refractivity (Wildman–Crippen MR) is 95.0 cm³/mol. The number of hydrogen-bond acceptors (Lipinski definition) is 5. The average molecular weight is 393 g/mol. The fourth-order valence-electron chi connectivity index (χ4n) is 2.17. The zero-order valence-electron chi connectivity index (χ0n) is 14.0. The van der Waals surface area contributed by atoms with Gasteiger partial charge in [-0.3, -0.25) is 14.9 Å². The van der Waals surface area contributed by atoms with Crippen LogP contribution in [0.25, 0.3) is 11.4 Å². The highest BCUT2D eigenvalue weighted by Gasteiger charge is 2.30. The van der Waals surface area contributed by atoms with Crippen LogP contribution in [0.4, 0.5) is 18.9 Å². The van der Waals surface area contributed by atoms with Crippen LogP contribution >= 0.6 is 11.8 Å². The van der Waals surface area contributed by atoms with Gasteiger partial charge in [0.2, 0.25) is 11.1 Å². The number of H-pyrrole nitrogens is 1. The molecule has 0 spiro atoms. The zero-order valence-corrected chi connectivity index (χ0v) is 14.8. The number of pyridine rings is 1. The molecule has 2 heterocycles. The van der Waals surface area contributed by atoms with Crippen molar-refractivity contribution < 1.29 is 18.0 Å². The number of rotatable bonds is 5. The third-order valence-corrected chi connectivity index (χ3v) is 4.49. The van der Waals surface area contributed by atoms with Crippen LogP contribution in [0.2, 0.25) is 0 Å². The molecule has 0 bridgehead atoms. The van der Waals surface area contributed by atoms with E-state index in [1.165, 1.54) is 12.1 Å². The molecule has 0 saturated heterocycles. The second-order valence-electron chi connectivity index (χ2n) is 5.53. The van der Waals surface area contributed by atoms with Crippen LogP contribution in [0.15, 0.2) is 53.9 Å². The van der Waals surface area contributed by atoms with E-state index in [0.717, 1.165) is 29.5 Å². The number of aromatic amines is 1. The van der Waals surface area contributed by atoms with Crippen molar-refractivity contribution in [1.29, 1.82) is 0 Å². The molecule has 2 aromatic heterocycles. The van der Waals surface area contributed by atoms with Crippen molar-refractivity contribution in [3.63, 3.8) is 0 Å². The number of aromatic nitrogens is 4. The van der Waals surface area contributed by atoms with E-state index >= 15 is 0 Å². The summed E-state index contributed by atoms with van der Waals surface area (Å²) in [4.78, 5) is 20.5. The van der Waals surface area contributed by atoms with E-state index in [9.17, 15) is 18.0 Å². The summed E-state index contributed by atoms with van der Waals surface area (Å²) in [6.07, 6.45) is -1.23. The SMILES string of the molecule is C[C@H](Sc1n[nH]c(-c2ccncc2)n1)C(=O)Nc1cccc(C(F)(F)F)c1. The maximum atomic E-state index is 12.8. The second-order valence-corrected chi connectivity index (χ2v) is 6.84. The molecule has 0 aliphatic heterocycles. The minimum atomic E-state index is -4.47. The van der Waals surface area contributed by atoms with E-state index in [1.54, 1.807) is 31.5 Å². The number of halogens is 3. The molecule has 140 valence electrons. The van der Waals surface area contributed by atoms with Gasteiger partial charge >= 0.3 is 6.18 Å². The Labute approximate surface area is 156 Å². The van der Waals surface area contributed by atoms with E-state index in [4.69, 9.17) is 0 Å². The van der Waals surface area contributed by atoms with E-state index in [-0.39, 0.29) is 5.69 Å². The van der Waals surface area contributed by atoms with Crippen molar-refractivity contribution in [2.24, 2.45) is 0 Å². The Bertz CT molecular complexity index is 930. The lowest BCUT2D eigenvalue weighted by Gasteiger charge is -2.12. The van der Waals surface area contributed by atoms with Crippen molar-refractivity contribution >= 4 is 23.4 Å². The summed E-state index contributed by atoms with van der Waals surface area (Å²) in [6.45, 7) is 1.62. The minimum Gasteiger partial charge on any atom is -0.325 e. The molecule has 0 aliphatic rings. The fraction of sp³-hybridized carbons (Fsp3) is 0.176. The lowest BCUT2D eigenvalue weighted by Crippen LogP contribution is -2.22. The summed E-state index contributed by atoms with van der Waals surface area (Å²) in [5, 5.41) is 9.04. The van der Waals surface area contributed by atoms with E-state index in [2.05, 4.69) is 25.5 Å². The van der Waals surface area contributed by atoms with Gasteiger partial charge < -0.3 is 5.32 Å². The van der Waals surface area contributed by atoms with Gasteiger partial charge in [0.15, 0.2) is 5.82 Å². The van der Waals surface area contributed by atoms with Crippen LogP contribution < -0.4 is 5.32 Å². The van der Waals surface area contributed by atoms with Crippen molar-refractivity contribution in [2.45, 2.75) is 23.5 Å². The summed E-state index contributed by atoms with van der Waals surface area (Å²) >= 11 is 1.09. The number of nitrogens with zero attached hydrogens (tertiary/aromatic N) is 3. The lowest BCUT2D eigenvalue weighted by molar-refractivity contribution is -0.137. The van der Waals surface area contributed by atoms with Gasteiger partial charge in [-0.05, 0) is 37.3 Å². The smallest absolute Gasteiger partial charge is 0.325 e. The molecule has 1 amide bonds. The quantitative estimate of drug-likeness (QED) is 0.640.